The van der Waals surface area contributed by atoms with Gasteiger partial charge in [0, 0.05) is 6.20 Å². The highest BCUT2D eigenvalue weighted by atomic mass is 32.2. The van der Waals surface area contributed by atoms with Crippen molar-refractivity contribution < 1.29 is 37.4 Å². The SMILES string of the molecule is CC(C)OC(=O)[C@H](C)NP(=O)(OC[C@@]1(F)O[C@@H](n2ccc(N)nc2=O)[C@@]2(CCS2)[C@@H]1O)Oc1ccccc1. The lowest BCUT2D eigenvalue weighted by molar-refractivity contribution is -0.203. The molecule has 6 atom stereocenters. The first-order valence-electron chi connectivity index (χ1n) is 11.9. The number of nitrogens with two attached hydrogens (primary N) is 1. The molecule has 1 spiro atoms. The molecule has 12 nitrogen and oxygen atoms in total. The molecular formula is C23H30FN4O8PS. The molecule has 0 saturated carbocycles. The van der Waals surface area contributed by atoms with Crippen LogP contribution in [0.1, 0.15) is 33.4 Å². The van der Waals surface area contributed by atoms with Gasteiger partial charge < -0.3 is 24.8 Å². The standard InChI is InChI=1S/C23H30FN4O8PS/c1-14(2)34-18(29)15(3)27-37(32,36-16-7-5-4-6-8-16)33-13-23(24)19(30)22(10-12-38-22)20(35-23)28-11-9-17(25)26-21(28)31/h4-9,11,14-15,19-20,30H,10,12-13H2,1-3H3,(H,27,32)(H2,25,26,31)/t15-,19-,20+,22+,23+,37?/m0/s1. The Morgan fingerprint density at radius 2 is 2.05 bits per heavy atom. The summed E-state index contributed by atoms with van der Waals surface area (Å²) in [4.78, 5) is 28.5. The summed E-state index contributed by atoms with van der Waals surface area (Å²) >= 11 is 1.23. The van der Waals surface area contributed by atoms with Gasteiger partial charge in [-0.25, -0.2) is 13.8 Å². The number of halogens is 1. The number of aliphatic hydroxyl groups excluding tert-OH is 1. The normalized spacial score (nSPS) is 29.0. The molecule has 4 N–H and O–H groups in total. The van der Waals surface area contributed by atoms with Crippen LogP contribution in [-0.4, -0.2) is 61.8 Å². The van der Waals surface area contributed by atoms with Gasteiger partial charge in [0.15, 0.2) is 6.23 Å². The second kappa shape index (κ2) is 10.9. The maximum absolute atomic E-state index is 16.2. The lowest BCUT2D eigenvalue weighted by Crippen LogP contribution is -2.54. The molecule has 2 aliphatic heterocycles. The van der Waals surface area contributed by atoms with Gasteiger partial charge in [0.05, 0.1) is 10.9 Å². The number of esters is 1. The van der Waals surface area contributed by atoms with Crippen molar-refractivity contribution in [3.05, 3.63) is 53.1 Å². The van der Waals surface area contributed by atoms with Crippen LogP contribution in [0.25, 0.3) is 0 Å². The minimum absolute atomic E-state index is 0.0230. The van der Waals surface area contributed by atoms with Gasteiger partial charge in [0.2, 0.25) is 0 Å². The fourth-order valence-corrected chi connectivity index (χ4v) is 6.93. The number of ether oxygens (including phenoxy) is 2. The molecule has 0 amide bonds. The Kier molecular flexibility index (Phi) is 8.22. The van der Waals surface area contributed by atoms with E-state index in [1.54, 1.807) is 32.0 Å². The number of para-hydroxylation sites is 1. The molecule has 2 saturated heterocycles. The van der Waals surface area contributed by atoms with Crippen molar-refractivity contribution in [1.82, 2.24) is 14.6 Å². The molecule has 0 aliphatic carbocycles. The summed E-state index contributed by atoms with van der Waals surface area (Å²) in [5.74, 6) is -2.93. The number of aromatic nitrogens is 2. The zero-order valence-electron chi connectivity index (χ0n) is 21.0. The summed E-state index contributed by atoms with van der Waals surface area (Å²) in [7, 11) is -4.44. The molecule has 208 valence electrons. The van der Waals surface area contributed by atoms with E-state index >= 15 is 4.39 Å². The molecule has 0 radical (unpaired) electrons. The smallest absolute Gasteiger partial charge is 0.459 e. The van der Waals surface area contributed by atoms with Gasteiger partial charge in [-0.2, -0.15) is 10.1 Å². The second-order valence-corrected chi connectivity index (χ2v) is 12.4. The summed E-state index contributed by atoms with van der Waals surface area (Å²) in [6.07, 6.45) is -1.80. The minimum atomic E-state index is -4.44. The zero-order chi connectivity index (χ0) is 27.7. The van der Waals surface area contributed by atoms with E-state index in [4.69, 9.17) is 24.3 Å². The van der Waals surface area contributed by atoms with Crippen LogP contribution in [-0.2, 0) is 23.4 Å². The number of nitrogen functional groups attached to an aromatic ring is 1. The molecule has 1 aromatic heterocycles. The Bertz CT molecular complexity index is 1260. The highest BCUT2D eigenvalue weighted by Crippen LogP contribution is 2.60. The van der Waals surface area contributed by atoms with Crippen LogP contribution in [0, 0.1) is 0 Å². The number of carbonyl (C=O) groups excluding carboxylic acids is 1. The molecule has 15 heteroatoms. The highest BCUT2D eigenvalue weighted by molar-refractivity contribution is 8.02. The number of benzene rings is 1. The first-order valence-corrected chi connectivity index (χ1v) is 14.4. The van der Waals surface area contributed by atoms with Gasteiger partial charge in [0.1, 0.15) is 30.3 Å². The van der Waals surface area contributed by atoms with E-state index in [-0.39, 0.29) is 11.6 Å². The Morgan fingerprint density at radius 1 is 1.37 bits per heavy atom. The average Bonchev–Trinajstić information content (AvgIpc) is 3.05. The van der Waals surface area contributed by atoms with Crippen molar-refractivity contribution in [2.75, 3.05) is 18.1 Å². The van der Waals surface area contributed by atoms with Gasteiger partial charge in [-0.3, -0.25) is 13.9 Å². The van der Waals surface area contributed by atoms with Crippen LogP contribution in [0.4, 0.5) is 10.2 Å². The summed E-state index contributed by atoms with van der Waals surface area (Å²) in [6.45, 7) is 3.64. The van der Waals surface area contributed by atoms with E-state index in [9.17, 15) is 19.3 Å². The van der Waals surface area contributed by atoms with Gasteiger partial charge in [0.25, 0.3) is 5.85 Å². The zero-order valence-corrected chi connectivity index (χ0v) is 22.7. The maximum atomic E-state index is 16.2. The fourth-order valence-electron chi connectivity index (χ4n) is 4.11. The quantitative estimate of drug-likeness (QED) is 0.282. The van der Waals surface area contributed by atoms with E-state index in [1.165, 1.54) is 43.1 Å². The van der Waals surface area contributed by atoms with Crippen molar-refractivity contribution in [3.63, 3.8) is 0 Å². The van der Waals surface area contributed by atoms with Gasteiger partial charge >= 0.3 is 19.4 Å². The number of thioether (sulfide) groups is 1. The molecule has 2 fully saturated rings. The fraction of sp³-hybridized carbons (Fsp3) is 0.522. The molecule has 4 rings (SSSR count). The van der Waals surface area contributed by atoms with Crippen molar-refractivity contribution in [2.24, 2.45) is 0 Å². The predicted octanol–water partition coefficient (Wildman–Crippen LogP) is 2.39. The van der Waals surface area contributed by atoms with Crippen molar-refractivity contribution in [3.8, 4) is 5.75 Å². The third-order valence-electron chi connectivity index (χ3n) is 6.02. The molecule has 3 heterocycles. The van der Waals surface area contributed by atoms with E-state index in [2.05, 4.69) is 10.1 Å². The first kappa shape index (κ1) is 28.5. The summed E-state index contributed by atoms with van der Waals surface area (Å²) < 4.78 is 51.5. The molecule has 1 aromatic carbocycles. The third-order valence-corrected chi connectivity index (χ3v) is 9.22. The molecule has 0 bridgehead atoms. The Labute approximate surface area is 222 Å². The largest absolute Gasteiger partial charge is 0.462 e. The third kappa shape index (κ3) is 5.75. The summed E-state index contributed by atoms with van der Waals surface area (Å²) in [6, 6.07) is 8.14. The number of hydrogen-bond donors (Lipinski definition) is 3. The Hall–Kier alpha value is -2.48. The van der Waals surface area contributed by atoms with E-state index in [0.29, 0.717) is 12.2 Å². The molecule has 1 unspecified atom stereocenters. The average molecular weight is 573 g/mol. The van der Waals surface area contributed by atoms with Gasteiger partial charge in [-0.05, 0) is 51.1 Å². The van der Waals surface area contributed by atoms with Crippen molar-refractivity contribution >= 4 is 31.3 Å². The number of nitrogens with zero attached hydrogens (tertiary/aromatic N) is 2. The van der Waals surface area contributed by atoms with Crippen molar-refractivity contribution in [2.45, 2.75) is 62.3 Å². The van der Waals surface area contributed by atoms with Crippen molar-refractivity contribution in [1.29, 1.82) is 0 Å². The topological polar surface area (TPSA) is 164 Å². The van der Waals surface area contributed by atoms with Crippen LogP contribution in [0.15, 0.2) is 47.4 Å². The number of alkyl halides is 1. The van der Waals surface area contributed by atoms with E-state index < -0.39 is 61.1 Å². The first-order chi connectivity index (χ1) is 17.9. The number of carbonyl (C=O) groups is 1. The monoisotopic (exact) mass is 572 g/mol. The summed E-state index contributed by atoms with van der Waals surface area (Å²) in [5.41, 5.74) is 4.79. The molecule has 2 aromatic rings. The lowest BCUT2D eigenvalue weighted by Gasteiger charge is -2.43. The second-order valence-electron chi connectivity index (χ2n) is 9.27. The maximum Gasteiger partial charge on any atom is 0.459 e. The summed E-state index contributed by atoms with van der Waals surface area (Å²) in [5, 5.41) is 13.5. The number of nitrogens with one attached hydrogen (secondary N) is 1. The Balaban J connectivity index is 1.58. The predicted molar refractivity (Wildman–Crippen MR) is 137 cm³/mol. The number of anilines is 1. The van der Waals surface area contributed by atoms with Crippen LogP contribution < -0.4 is 21.0 Å². The van der Waals surface area contributed by atoms with Gasteiger partial charge in [-0.1, -0.05) is 18.2 Å². The number of hydrogen-bond acceptors (Lipinski definition) is 11. The number of rotatable bonds is 10. The number of aliphatic hydroxyl groups is 1. The van der Waals surface area contributed by atoms with E-state index in [0.717, 1.165) is 4.57 Å². The van der Waals surface area contributed by atoms with Crippen LogP contribution in [0.2, 0.25) is 0 Å². The lowest BCUT2D eigenvalue weighted by atomic mass is 9.93. The molecule has 2 aliphatic rings. The van der Waals surface area contributed by atoms with E-state index in [1.807, 2.05) is 0 Å². The van der Waals surface area contributed by atoms with Crippen LogP contribution in [0.5, 0.6) is 5.75 Å². The van der Waals surface area contributed by atoms with Gasteiger partial charge in [-0.15, -0.1) is 11.8 Å². The van der Waals surface area contributed by atoms with Crippen LogP contribution in [0.3, 0.4) is 0 Å². The minimum Gasteiger partial charge on any atom is -0.462 e. The Morgan fingerprint density at radius 3 is 2.63 bits per heavy atom. The molecular weight excluding hydrogens is 542 g/mol. The highest BCUT2D eigenvalue weighted by Gasteiger charge is 2.69. The molecule has 38 heavy (non-hydrogen) atoms. The van der Waals surface area contributed by atoms with Crippen LogP contribution >= 0.6 is 19.5 Å².